The molecule has 4 heteroatoms. The van der Waals surface area contributed by atoms with Crippen LogP contribution < -0.4 is 10.1 Å². The van der Waals surface area contributed by atoms with Gasteiger partial charge in [-0.2, -0.15) is 0 Å². The number of ether oxygens (including phenoxy) is 2. The molecule has 20 heavy (non-hydrogen) atoms. The largest absolute Gasteiger partial charge is 0.463 e. The highest BCUT2D eigenvalue weighted by Crippen LogP contribution is 2.39. The van der Waals surface area contributed by atoms with Crippen molar-refractivity contribution in [2.75, 3.05) is 13.6 Å². The van der Waals surface area contributed by atoms with Crippen molar-refractivity contribution in [1.29, 1.82) is 0 Å². The Morgan fingerprint density at radius 1 is 1.15 bits per heavy atom. The van der Waals surface area contributed by atoms with Crippen molar-refractivity contribution in [3.63, 3.8) is 0 Å². The van der Waals surface area contributed by atoms with Crippen LogP contribution in [0.1, 0.15) is 17.2 Å². The molecular formula is C16H16ClNO2. The van der Waals surface area contributed by atoms with E-state index in [0.29, 0.717) is 11.6 Å². The summed E-state index contributed by atoms with van der Waals surface area (Å²) in [6.07, 6.45) is -0.462. The first-order chi connectivity index (χ1) is 9.78. The van der Waals surface area contributed by atoms with Gasteiger partial charge in [0.2, 0.25) is 6.29 Å². The highest BCUT2D eigenvalue weighted by Gasteiger charge is 2.29. The van der Waals surface area contributed by atoms with Crippen molar-refractivity contribution in [2.24, 2.45) is 0 Å². The van der Waals surface area contributed by atoms with Gasteiger partial charge < -0.3 is 14.8 Å². The summed E-state index contributed by atoms with van der Waals surface area (Å²) in [7, 11) is 1.88. The van der Waals surface area contributed by atoms with E-state index in [-0.39, 0.29) is 12.4 Å². The first-order valence-corrected chi connectivity index (χ1v) is 6.97. The number of halogens is 1. The van der Waals surface area contributed by atoms with E-state index >= 15 is 0 Å². The smallest absolute Gasteiger partial charge is 0.213 e. The molecule has 0 fully saturated rings. The molecule has 0 aromatic heterocycles. The second-order valence-electron chi connectivity index (χ2n) is 4.71. The second kappa shape index (κ2) is 5.83. The summed E-state index contributed by atoms with van der Waals surface area (Å²) >= 11 is 6.10. The van der Waals surface area contributed by atoms with Crippen LogP contribution in [0, 0.1) is 0 Å². The number of benzene rings is 2. The predicted octanol–water partition coefficient (Wildman–Crippen LogP) is 3.38. The maximum Gasteiger partial charge on any atom is 0.213 e. The Labute approximate surface area is 123 Å². The SMILES string of the molecule is CNC[C@H]1Oc2ccc(Cl)cc2[C@@H](c2ccccc2)O1. The maximum absolute atomic E-state index is 6.10. The summed E-state index contributed by atoms with van der Waals surface area (Å²) in [5.74, 6) is 0.828. The van der Waals surface area contributed by atoms with Crippen LogP contribution >= 0.6 is 11.6 Å². The van der Waals surface area contributed by atoms with Gasteiger partial charge in [0.1, 0.15) is 11.9 Å². The molecule has 1 aliphatic heterocycles. The molecule has 0 saturated carbocycles. The van der Waals surface area contributed by atoms with E-state index in [9.17, 15) is 0 Å². The van der Waals surface area contributed by atoms with Crippen molar-refractivity contribution < 1.29 is 9.47 Å². The quantitative estimate of drug-likeness (QED) is 0.939. The van der Waals surface area contributed by atoms with E-state index < -0.39 is 0 Å². The summed E-state index contributed by atoms with van der Waals surface area (Å²) < 4.78 is 11.9. The molecule has 0 saturated heterocycles. The highest BCUT2D eigenvalue weighted by atomic mass is 35.5. The molecule has 1 heterocycles. The molecule has 3 nitrogen and oxygen atoms in total. The fourth-order valence-electron chi connectivity index (χ4n) is 2.37. The molecule has 0 spiro atoms. The van der Waals surface area contributed by atoms with E-state index in [4.69, 9.17) is 21.1 Å². The number of nitrogens with one attached hydrogen (secondary N) is 1. The normalized spacial score (nSPS) is 21.1. The van der Waals surface area contributed by atoms with Gasteiger partial charge in [0.05, 0.1) is 6.54 Å². The second-order valence-corrected chi connectivity index (χ2v) is 5.15. The van der Waals surface area contributed by atoms with Gasteiger partial charge in [0.25, 0.3) is 0 Å². The van der Waals surface area contributed by atoms with E-state index in [1.165, 1.54) is 0 Å². The van der Waals surface area contributed by atoms with Gasteiger partial charge in [-0.1, -0.05) is 41.9 Å². The molecule has 3 rings (SSSR count). The molecular weight excluding hydrogens is 274 g/mol. The maximum atomic E-state index is 6.10. The fraction of sp³-hybridized carbons (Fsp3) is 0.250. The number of hydrogen-bond acceptors (Lipinski definition) is 3. The van der Waals surface area contributed by atoms with Crippen molar-refractivity contribution >= 4 is 11.6 Å². The minimum Gasteiger partial charge on any atom is -0.463 e. The van der Waals surface area contributed by atoms with Crippen LogP contribution in [0.4, 0.5) is 0 Å². The Bertz CT molecular complexity index is 588. The first-order valence-electron chi connectivity index (χ1n) is 6.59. The third-order valence-electron chi connectivity index (χ3n) is 3.27. The molecule has 0 bridgehead atoms. The van der Waals surface area contributed by atoms with E-state index in [2.05, 4.69) is 17.4 Å². The van der Waals surface area contributed by atoms with Gasteiger partial charge in [-0.15, -0.1) is 0 Å². The molecule has 2 atom stereocenters. The van der Waals surface area contributed by atoms with Gasteiger partial charge in [0.15, 0.2) is 0 Å². The fourth-order valence-corrected chi connectivity index (χ4v) is 2.55. The minimum atomic E-state index is -0.307. The number of likely N-dealkylation sites (N-methyl/N-ethyl adjacent to an activating group) is 1. The summed E-state index contributed by atoms with van der Waals surface area (Å²) in [4.78, 5) is 0. The molecule has 0 amide bonds. The Morgan fingerprint density at radius 3 is 2.70 bits per heavy atom. The number of rotatable bonds is 3. The van der Waals surface area contributed by atoms with Crippen LogP contribution in [0.3, 0.4) is 0 Å². The van der Waals surface area contributed by atoms with Gasteiger partial charge >= 0.3 is 0 Å². The van der Waals surface area contributed by atoms with E-state index in [1.807, 2.05) is 43.4 Å². The lowest BCUT2D eigenvalue weighted by atomic mass is 9.99. The lowest BCUT2D eigenvalue weighted by molar-refractivity contribution is -0.123. The first kappa shape index (κ1) is 13.4. The monoisotopic (exact) mass is 289 g/mol. The summed E-state index contributed by atoms with van der Waals surface area (Å²) in [6.45, 7) is 0.630. The highest BCUT2D eigenvalue weighted by molar-refractivity contribution is 6.30. The summed E-state index contributed by atoms with van der Waals surface area (Å²) in [5.41, 5.74) is 2.07. The Hall–Kier alpha value is -1.55. The molecule has 0 unspecified atom stereocenters. The average molecular weight is 290 g/mol. The Kier molecular flexibility index (Phi) is 3.92. The minimum absolute atomic E-state index is 0.156. The van der Waals surface area contributed by atoms with Crippen LogP contribution in [0.25, 0.3) is 0 Å². The molecule has 0 radical (unpaired) electrons. The molecule has 104 valence electrons. The van der Waals surface area contributed by atoms with Crippen molar-refractivity contribution in [1.82, 2.24) is 5.32 Å². The molecule has 1 N–H and O–H groups in total. The van der Waals surface area contributed by atoms with Gasteiger partial charge in [-0.25, -0.2) is 0 Å². The number of hydrogen-bond donors (Lipinski definition) is 1. The Morgan fingerprint density at radius 2 is 1.95 bits per heavy atom. The standard InChI is InChI=1S/C16H16ClNO2/c1-18-10-15-19-14-8-7-12(17)9-13(14)16(20-15)11-5-3-2-4-6-11/h2-9,15-16,18H,10H2,1H3/t15-,16+/m0/s1. The summed E-state index contributed by atoms with van der Waals surface area (Å²) in [6, 6.07) is 15.8. The molecule has 1 aliphatic rings. The zero-order chi connectivity index (χ0) is 13.9. The van der Waals surface area contributed by atoms with Crippen molar-refractivity contribution in [3.8, 4) is 5.75 Å². The molecule has 0 aliphatic carbocycles. The molecule has 2 aromatic rings. The van der Waals surface area contributed by atoms with Crippen molar-refractivity contribution in [2.45, 2.75) is 12.4 Å². The predicted molar refractivity (Wildman–Crippen MR) is 79.2 cm³/mol. The zero-order valence-electron chi connectivity index (χ0n) is 11.2. The zero-order valence-corrected chi connectivity index (χ0v) is 11.9. The van der Waals surface area contributed by atoms with E-state index in [1.54, 1.807) is 0 Å². The van der Waals surface area contributed by atoms with Gasteiger partial charge in [0, 0.05) is 10.6 Å². The number of fused-ring (bicyclic) bond motifs is 1. The van der Waals surface area contributed by atoms with Crippen LogP contribution in [0.5, 0.6) is 5.75 Å². The molecule has 2 aromatic carbocycles. The Balaban J connectivity index is 2.02. The van der Waals surface area contributed by atoms with Crippen LogP contribution in [0.15, 0.2) is 48.5 Å². The van der Waals surface area contributed by atoms with Gasteiger partial charge in [-0.05, 0) is 30.8 Å². The van der Waals surface area contributed by atoms with E-state index in [0.717, 1.165) is 16.9 Å². The third-order valence-corrected chi connectivity index (χ3v) is 3.51. The topological polar surface area (TPSA) is 30.5 Å². The van der Waals surface area contributed by atoms with Crippen LogP contribution in [0.2, 0.25) is 5.02 Å². The van der Waals surface area contributed by atoms with Crippen molar-refractivity contribution in [3.05, 3.63) is 64.7 Å². The summed E-state index contributed by atoms with van der Waals surface area (Å²) in [5, 5.41) is 3.76. The average Bonchev–Trinajstić information content (AvgIpc) is 2.48. The lowest BCUT2D eigenvalue weighted by Crippen LogP contribution is -2.36. The van der Waals surface area contributed by atoms with Crippen LogP contribution in [-0.2, 0) is 4.74 Å². The lowest BCUT2D eigenvalue weighted by Gasteiger charge is -2.33. The third kappa shape index (κ3) is 2.66. The van der Waals surface area contributed by atoms with Crippen LogP contribution in [-0.4, -0.2) is 19.9 Å². The van der Waals surface area contributed by atoms with Gasteiger partial charge in [-0.3, -0.25) is 0 Å².